The van der Waals surface area contributed by atoms with Crippen molar-refractivity contribution in [3.63, 3.8) is 0 Å². The number of hydrogen-bond donors (Lipinski definition) is 1. The number of carbonyl (C=O) groups is 1. The van der Waals surface area contributed by atoms with E-state index in [9.17, 15) is 4.79 Å². The van der Waals surface area contributed by atoms with Crippen molar-refractivity contribution in [3.05, 3.63) is 29.6 Å². The standard InChI is InChI=1S/C14H22N2O2/c1-4-8-15-13(9-14(17)18-5-2)12-7-6-11(3)16-10-12/h6-7,10,13,15H,4-5,8-9H2,1-3H3. The Morgan fingerprint density at radius 1 is 1.44 bits per heavy atom. The van der Waals surface area contributed by atoms with Crippen LogP contribution in [-0.2, 0) is 9.53 Å². The smallest absolute Gasteiger partial charge is 0.307 e. The molecule has 1 aromatic heterocycles. The maximum absolute atomic E-state index is 11.6. The molecule has 0 saturated heterocycles. The van der Waals surface area contributed by atoms with Gasteiger partial charge in [-0.1, -0.05) is 13.0 Å². The topological polar surface area (TPSA) is 51.2 Å². The van der Waals surface area contributed by atoms with Gasteiger partial charge in [0.1, 0.15) is 0 Å². The minimum atomic E-state index is -0.174. The number of aryl methyl sites for hydroxylation is 1. The molecule has 4 nitrogen and oxygen atoms in total. The highest BCUT2D eigenvalue weighted by Crippen LogP contribution is 2.17. The third kappa shape index (κ3) is 4.84. The first-order valence-electron chi connectivity index (χ1n) is 6.49. The molecule has 1 atom stereocenters. The van der Waals surface area contributed by atoms with Gasteiger partial charge in [0, 0.05) is 17.9 Å². The number of rotatable bonds is 7. The molecule has 0 aliphatic heterocycles. The summed E-state index contributed by atoms with van der Waals surface area (Å²) in [6.07, 6.45) is 3.19. The normalized spacial score (nSPS) is 12.2. The molecule has 0 spiro atoms. The van der Waals surface area contributed by atoms with Gasteiger partial charge in [-0.05, 0) is 38.4 Å². The minimum absolute atomic E-state index is 0.0166. The zero-order valence-electron chi connectivity index (χ0n) is 11.4. The van der Waals surface area contributed by atoms with E-state index >= 15 is 0 Å². The number of nitrogens with zero attached hydrogens (tertiary/aromatic N) is 1. The molecular formula is C14H22N2O2. The first kappa shape index (κ1) is 14.6. The Labute approximate surface area is 109 Å². The van der Waals surface area contributed by atoms with Gasteiger partial charge in [0.15, 0.2) is 0 Å². The van der Waals surface area contributed by atoms with E-state index in [0.29, 0.717) is 13.0 Å². The van der Waals surface area contributed by atoms with E-state index in [1.54, 1.807) is 0 Å². The van der Waals surface area contributed by atoms with E-state index in [0.717, 1.165) is 24.2 Å². The zero-order chi connectivity index (χ0) is 13.4. The summed E-state index contributed by atoms with van der Waals surface area (Å²) in [5.74, 6) is -0.174. The predicted molar refractivity (Wildman–Crippen MR) is 71.3 cm³/mol. The van der Waals surface area contributed by atoms with Crippen LogP contribution in [0, 0.1) is 6.92 Å². The van der Waals surface area contributed by atoms with Crippen molar-refractivity contribution in [2.24, 2.45) is 0 Å². The molecule has 4 heteroatoms. The van der Waals surface area contributed by atoms with E-state index in [2.05, 4.69) is 17.2 Å². The number of esters is 1. The minimum Gasteiger partial charge on any atom is -0.466 e. The lowest BCUT2D eigenvalue weighted by atomic mass is 10.1. The van der Waals surface area contributed by atoms with Crippen molar-refractivity contribution in [1.82, 2.24) is 10.3 Å². The van der Waals surface area contributed by atoms with E-state index in [4.69, 9.17) is 4.74 Å². The summed E-state index contributed by atoms with van der Waals surface area (Å²) in [4.78, 5) is 15.8. The molecule has 1 heterocycles. The monoisotopic (exact) mass is 250 g/mol. The van der Waals surface area contributed by atoms with Crippen molar-refractivity contribution in [1.29, 1.82) is 0 Å². The highest BCUT2D eigenvalue weighted by molar-refractivity contribution is 5.70. The Balaban J connectivity index is 2.70. The summed E-state index contributed by atoms with van der Waals surface area (Å²) < 4.78 is 5.00. The van der Waals surface area contributed by atoms with Crippen LogP contribution >= 0.6 is 0 Å². The predicted octanol–water partition coefficient (Wildman–Crippen LogP) is 2.38. The van der Waals surface area contributed by atoms with Gasteiger partial charge in [-0.25, -0.2) is 0 Å². The van der Waals surface area contributed by atoms with E-state index in [1.807, 2.05) is 32.2 Å². The summed E-state index contributed by atoms with van der Waals surface area (Å²) in [5.41, 5.74) is 2.01. The summed E-state index contributed by atoms with van der Waals surface area (Å²) in [7, 11) is 0. The van der Waals surface area contributed by atoms with Gasteiger partial charge >= 0.3 is 5.97 Å². The molecule has 18 heavy (non-hydrogen) atoms. The van der Waals surface area contributed by atoms with Crippen molar-refractivity contribution in [2.75, 3.05) is 13.2 Å². The molecule has 0 fully saturated rings. The van der Waals surface area contributed by atoms with Crippen LogP contribution in [0.25, 0.3) is 0 Å². The number of carbonyl (C=O) groups excluding carboxylic acids is 1. The molecule has 0 radical (unpaired) electrons. The van der Waals surface area contributed by atoms with Crippen LogP contribution in [0.5, 0.6) is 0 Å². The molecule has 0 bridgehead atoms. The summed E-state index contributed by atoms with van der Waals surface area (Å²) in [5, 5.41) is 3.35. The van der Waals surface area contributed by atoms with Crippen molar-refractivity contribution < 1.29 is 9.53 Å². The lowest BCUT2D eigenvalue weighted by molar-refractivity contribution is -0.143. The highest BCUT2D eigenvalue weighted by atomic mass is 16.5. The molecule has 0 aliphatic rings. The van der Waals surface area contributed by atoms with Gasteiger partial charge in [-0.15, -0.1) is 0 Å². The van der Waals surface area contributed by atoms with Crippen molar-refractivity contribution in [3.8, 4) is 0 Å². The summed E-state index contributed by atoms with van der Waals surface area (Å²) in [6, 6.07) is 3.95. The largest absolute Gasteiger partial charge is 0.466 e. The molecule has 1 aromatic rings. The lowest BCUT2D eigenvalue weighted by Crippen LogP contribution is -2.25. The third-order valence-corrected chi connectivity index (χ3v) is 2.65. The Hall–Kier alpha value is -1.42. The van der Waals surface area contributed by atoms with Crippen LogP contribution in [0.2, 0.25) is 0 Å². The molecule has 100 valence electrons. The fourth-order valence-electron chi connectivity index (χ4n) is 1.70. The molecule has 1 unspecified atom stereocenters. The van der Waals surface area contributed by atoms with Gasteiger partial charge in [-0.3, -0.25) is 9.78 Å². The number of aromatic nitrogens is 1. The van der Waals surface area contributed by atoms with Gasteiger partial charge in [-0.2, -0.15) is 0 Å². The van der Waals surface area contributed by atoms with Crippen LogP contribution in [0.15, 0.2) is 18.3 Å². The lowest BCUT2D eigenvalue weighted by Gasteiger charge is -2.17. The van der Waals surface area contributed by atoms with Crippen molar-refractivity contribution in [2.45, 2.75) is 39.7 Å². The van der Waals surface area contributed by atoms with Crippen LogP contribution in [-0.4, -0.2) is 24.1 Å². The maximum atomic E-state index is 11.6. The van der Waals surface area contributed by atoms with E-state index in [1.165, 1.54) is 0 Å². The average molecular weight is 250 g/mol. The fraction of sp³-hybridized carbons (Fsp3) is 0.571. The highest BCUT2D eigenvalue weighted by Gasteiger charge is 2.16. The van der Waals surface area contributed by atoms with Gasteiger partial charge < -0.3 is 10.1 Å². The maximum Gasteiger partial charge on any atom is 0.307 e. The van der Waals surface area contributed by atoms with Crippen LogP contribution in [0.3, 0.4) is 0 Å². The van der Waals surface area contributed by atoms with Crippen molar-refractivity contribution >= 4 is 5.97 Å². The second-order valence-corrected chi connectivity index (χ2v) is 4.25. The number of pyridine rings is 1. The van der Waals surface area contributed by atoms with Crippen LogP contribution in [0.4, 0.5) is 0 Å². The van der Waals surface area contributed by atoms with Gasteiger partial charge in [0.05, 0.1) is 13.0 Å². The third-order valence-electron chi connectivity index (χ3n) is 2.65. The fourth-order valence-corrected chi connectivity index (χ4v) is 1.70. The number of nitrogens with one attached hydrogen (secondary N) is 1. The second-order valence-electron chi connectivity index (χ2n) is 4.25. The molecule has 0 saturated carbocycles. The van der Waals surface area contributed by atoms with E-state index in [-0.39, 0.29) is 12.0 Å². The Morgan fingerprint density at radius 3 is 2.78 bits per heavy atom. The first-order chi connectivity index (χ1) is 8.67. The number of hydrogen-bond acceptors (Lipinski definition) is 4. The molecule has 0 aromatic carbocycles. The second kappa shape index (κ2) is 7.82. The Bertz CT molecular complexity index is 363. The molecule has 0 amide bonds. The summed E-state index contributed by atoms with van der Waals surface area (Å²) >= 11 is 0. The zero-order valence-corrected chi connectivity index (χ0v) is 11.4. The Morgan fingerprint density at radius 2 is 2.22 bits per heavy atom. The molecule has 0 aliphatic carbocycles. The SMILES string of the molecule is CCCNC(CC(=O)OCC)c1ccc(C)nc1. The van der Waals surface area contributed by atoms with E-state index < -0.39 is 0 Å². The first-order valence-corrected chi connectivity index (χ1v) is 6.49. The number of ether oxygens (including phenoxy) is 1. The van der Waals surface area contributed by atoms with Gasteiger partial charge in [0.25, 0.3) is 0 Å². The molecular weight excluding hydrogens is 228 g/mol. The van der Waals surface area contributed by atoms with Gasteiger partial charge in [0.2, 0.25) is 0 Å². The quantitative estimate of drug-likeness (QED) is 0.755. The van der Waals surface area contributed by atoms with Crippen LogP contribution in [0.1, 0.15) is 44.0 Å². The molecule has 1 rings (SSSR count). The van der Waals surface area contributed by atoms with Crippen LogP contribution < -0.4 is 5.32 Å². The average Bonchev–Trinajstić information content (AvgIpc) is 2.36. The summed E-state index contributed by atoms with van der Waals surface area (Å²) in [6.45, 7) is 7.16. The Kier molecular flexibility index (Phi) is 6.36. The molecule has 1 N–H and O–H groups in total.